The van der Waals surface area contributed by atoms with Crippen LogP contribution in [-0.4, -0.2) is 27.4 Å². The number of aliphatic hydroxyl groups excluding tert-OH is 2. The third kappa shape index (κ3) is 1.40. The molecule has 11 heavy (non-hydrogen) atoms. The highest BCUT2D eigenvalue weighted by Crippen LogP contribution is 2.16. The number of hydrogen-bond acceptors (Lipinski definition) is 3. The summed E-state index contributed by atoms with van der Waals surface area (Å²) < 4.78 is 0. The number of hydrogen-bond donors (Lipinski definition) is 3. The Balaban J connectivity index is 2.98. The van der Waals surface area contributed by atoms with E-state index in [1.54, 1.807) is 0 Å². The first-order valence-electron chi connectivity index (χ1n) is 3.14. The van der Waals surface area contributed by atoms with E-state index in [9.17, 15) is 4.79 Å². The van der Waals surface area contributed by atoms with Crippen molar-refractivity contribution in [3.63, 3.8) is 0 Å². The average Bonchev–Trinajstić information content (AvgIpc) is 1.94. The molecule has 0 saturated heterocycles. The van der Waals surface area contributed by atoms with E-state index in [1.165, 1.54) is 12.2 Å². The van der Waals surface area contributed by atoms with E-state index >= 15 is 0 Å². The van der Waals surface area contributed by atoms with Crippen molar-refractivity contribution < 1.29 is 20.1 Å². The SMILES string of the molecule is O=C(O)C1=C(O)[C@H](O)CC=C1. The number of aliphatic carboxylic acids is 1. The van der Waals surface area contributed by atoms with Gasteiger partial charge in [-0.15, -0.1) is 0 Å². The lowest BCUT2D eigenvalue weighted by molar-refractivity contribution is -0.132. The zero-order valence-electron chi connectivity index (χ0n) is 5.69. The van der Waals surface area contributed by atoms with Crippen molar-refractivity contribution >= 4 is 5.97 Å². The first kappa shape index (κ1) is 7.81. The predicted molar refractivity (Wildman–Crippen MR) is 37.1 cm³/mol. The summed E-state index contributed by atoms with van der Waals surface area (Å²) in [5.41, 5.74) is -0.233. The summed E-state index contributed by atoms with van der Waals surface area (Å²) in [6.45, 7) is 0. The van der Waals surface area contributed by atoms with Gasteiger partial charge in [0.2, 0.25) is 0 Å². The molecular weight excluding hydrogens is 148 g/mol. The van der Waals surface area contributed by atoms with Gasteiger partial charge in [-0.2, -0.15) is 0 Å². The molecule has 4 nitrogen and oxygen atoms in total. The maximum Gasteiger partial charge on any atom is 0.339 e. The molecule has 0 aromatic rings. The lowest BCUT2D eigenvalue weighted by Gasteiger charge is -2.12. The maximum atomic E-state index is 10.3. The van der Waals surface area contributed by atoms with E-state index in [1.807, 2.05) is 0 Å². The number of aliphatic hydroxyl groups is 2. The Labute approximate surface area is 63.1 Å². The normalized spacial score (nSPS) is 23.9. The van der Waals surface area contributed by atoms with Crippen LogP contribution < -0.4 is 0 Å². The molecule has 0 unspecified atom stereocenters. The van der Waals surface area contributed by atoms with Crippen molar-refractivity contribution in [2.45, 2.75) is 12.5 Å². The third-order valence-corrected chi connectivity index (χ3v) is 1.47. The molecule has 4 heteroatoms. The molecule has 1 aliphatic carbocycles. The average molecular weight is 156 g/mol. The lowest BCUT2D eigenvalue weighted by Crippen LogP contribution is -2.17. The number of carboxylic acid groups (broad SMARTS) is 1. The van der Waals surface area contributed by atoms with Crippen LogP contribution in [-0.2, 0) is 4.79 Å². The summed E-state index contributed by atoms with van der Waals surface area (Å²) in [4.78, 5) is 10.3. The van der Waals surface area contributed by atoms with Gasteiger partial charge in [0.05, 0.1) is 5.57 Å². The van der Waals surface area contributed by atoms with E-state index in [-0.39, 0.29) is 12.0 Å². The van der Waals surface area contributed by atoms with Crippen LogP contribution in [0.1, 0.15) is 6.42 Å². The van der Waals surface area contributed by atoms with Gasteiger partial charge in [0.1, 0.15) is 11.9 Å². The van der Waals surface area contributed by atoms with Gasteiger partial charge in [-0.3, -0.25) is 0 Å². The molecule has 3 N–H and O–H groups in total. The van der Waals surface area contributed by atoms with Crippen molar-refractivity contribution in [2.24, 2.45) is 0 Å². The van der Waals surface area contributed by atoms with Gasteiger partial charge >= 0.3 is 5.97 Å². The Bertz CT molecular complexity index is 239. The number of carboxylic acids is 1. The molecule has 1 aliphatic rings. The smallest absolute Gasteiger partial charge is 0.339 e. The van der Waals surface area contributed by atoms with Gasteiger partial charge in [0.15, 0.2) is 0 Å². The largest absolute Gasteiger partial charge is 0.509 e. The Hall–Kier alpha value is -1.29. The van der Waals surface area contributed by atoms with E-state index in [0.717, 1.165) is 0 Å². The fourth-order valence-corrected chi connectivity index (χ4v) is 0.872. The molecule has 60 valence electrons. The van der Waals surface area contributed by atoms with Crippen molar-refractivity contribution in [2.75, 3.05) is 0 Å². The molecule has 0 amide bonds. The minimum Gasteiger partial charge on any atom is -0.509 e. The second kappa shape index (κ2) is 2.75. The zero-order chi connectivity index (χ0) is 8.43. The zero-order valence-corrected chi connectivity index (χ0v) is 5.69. The predicted octanol–water partition coefficient (Wildman–Crippen LogP) is 0.204. The molecule has 1 rings (SSSR count). The molecule has 0 saturated carbocycles. The van der Waals surface area contributed by atoms with E-state index < -0.39 is 17.8 Å². The second-order valence-corrected chi connectivity index (χ2v) is 2.26. The molecule has 0 spiro atoms. The van der Waals surface area contributed by atoms with Crippen LogP contribution in [0.2, 0.25) is 0 Å². The molecule has 0 bridgehead atoms. The van der Waals surface area contributed by atoms with E-state index in [4.69, 9.17) is 15.3 Å². The van der Waals surface area contributed by atoms with E-state index in [2.05, 4.69) is 0 Å². The first-order valence-corrected chi connectivity index (χ1v) is 3.14. The summed E-state index contributed by atoms with van der Waals surface area (Å²) in [5, 5.41) is 26.4. The van der Waals surface area contributed by atoms with Gasteiger partial charge in [0.25, 0.3) is 0 Å². The standard InChI is InChI=1S/C7H8O4/c8-5-3-1-2-4(6(5)9)7(10)11/h1-2,5,8-9H,3H2,(H,10,11)/t5-/m1/s1. The molecule has 0 aromatic heterocycles. The van der Waals surface area contributed by atoms with Gasteiger partial charge in [0, 0.05) is 0 Å². The Morgan fingerprint density at radius 3 is 2.73 bits per heavy atom. The molecule has 1 atom stereocenters. The monoisotopic (exact) mass is 156 g/mol. The fourth-order valence-electron chi connectivity index (χ4n) is 0.872. The van der Waals surface area contributed by atoms with Gasteiger partial charge in [-0.1, -0.05) is 6.08 Å². The highest BCUT2D eigenvalue weighted by molar-refractivity contribution is 5.90. The van der Waals surface area contributed by atoms with Gasteiger partial charge in [-0.25, -0.2) is 4.79 Å². The molecule has 0 radical (unpaired) electrons. The maximum absolute atomic E-state index is 10.3. The third-order valence-electron chi connectivity index (χ3n) is 1.47. The van der Waals surface area contributed by atoms with Crippen molar-refractivity contribution in [1.82, 2.24) is 0 Å². The topological polar surface area (TPSA) is 77.8 Å². The summed E-state index contributed by atoms with van der Waals surface area (Å²) in [6, 6.07) is 0. The quantitative estimate of drug-likeness (QED) is 0.507. The van der Waals surface area contributed by atoms with Crippen LogP contribution in [0.3, 0.4) is 0 Å². The molecule has 0 aromatic carbocycles. The van der Waals surface area contributed by atoms with Crippen LogP contribution >= 0.6 is 0 Å². The highest BCUT2D eigenvalue weighted by atomic mass is 16.4. The summed E-state index contributed by atoms with van der Waals surface area (Å²) in [5.74, 6) is -1.68. The minimum atomic E-state index is -1.22. The van der Waals surface area contributed by atoms with Crippen LogP contribution in [0.25, 0.3) is 0 Å². The molecular formula is C7H8O4. The van der Waals surface area contributed by atoms with Crippen LogP contribution in [0.4, 0.5) is 0 Å². The van der Waals surface area contributed by atoms with Crippen LogP contribution in [0.5, 0.6) is 0 Å². The number of rotatable bonds is 1. The van der Waals surface area contributed by atoms with Crippen molar-refractivity contribution in [3.8, 4) is 0 Å². The van der Waals surface area contributed by atoms with E-state index in [0.29, 0.717) is 0 Å². The Morgan fingerprint density at radius 2 is 2.27 bits per heavy atom. The lowest BCUT2D eigenvalue weighted by atomic mass is 10.0. The van der Waals surface area contributed by atoms with Crippen LogP contribution in [0.15, 0.2) is 23.5 Å². The first-order chi connectivity index (χ1) is 5.13. The summed E-state index contributed by atoms with van der Waals surface area (Å²) in [7, 11) is 0. The Morgan fingerprint density at radius 1 is 1.64 bits per heavy atom. The van der Waals surface area contributed by atoms with Crippen molar-refractivity contribution in [1.29, 1.82) is 0 Å². The van der Waals surface area contributed by atoms with Crippen molar-refractivity contribution in [3.05, 3.63) is 23.5 Å². The fraction of sp³-hybridized carbons (Fsp3) is 0.286. The van der Waals surface area contributed by atoms with Crippen LogP contribution in [0, 0.1) is 0 Å². The number of carbonyl (C=O) groups is 1. The molecule has 0 heterocycles. The summed E-state index contributed by atoms with van der Waals surface area (Å²) >= 11 is 0. The summed E-state index contributed by atoms with van der Waals surface area (Å²) in [6.07, 6.45) is 1.99. The minimum absolute atomic E-state index is 0.233. The second-order valence-electron chi connectivity index (χ2n) is 2.26. The molecule has 0 fully saturated rings. The van der Waals surface area contributed by atoms with Gasteiger partial charge in [-0.05, 0) is 12.5 Å². The highest BCUT2D eigenvalue weighted by Gasteiger charge is 2.20. The van der Waals surface area contributed by atoms with Gasteiger partial charge < -0.3 is 15.3 Å². The molecule has 0 aliphatic heterocycles. The Kier molecular flexibility index (Phi) is 1.96.